The van der Waals surface area contributed by atoms with Crippen LogP contribution in [0.4, 0.5) is 5.69 Å². The molecule has 64 valence electrons. The zero-order valence-corrected chi connectivity index (χ0v) is 7.89. The topological polar surface area (TPSA) is 43.1 Å². The van der Waals surface area contributed by atoms with Crippen molar-refractivity contribution in [3.63, 3.8) is 0 Å². The van der Waals surface area contributed by atoms with Gasteiger partial charge in [-0.25, -0.2) is 0 Å². The van der Waals surface area contributed by atoms with Gasteiger partial charge >= 0.3 is 0 Å². The van der Waals surface area contributed by atoms with Gasteiger partial charge in [-0.15, -0.1) is 12.6 Å². The van der Waals surface area contributed by atoms with Gasteiger partial charge in [0.15, 0.2) is 0 Å². The number of nitrogens with zero attached hydrogens (tertiary/aromatic N) is 1. The van der Waals surface area contributed by atoms with Gasteiger partial charge in [0.1, 0.15) is 5.02 Å². The third kappa shape index (κ3) is 1.54. The predicted octanol–water partition coefficient (Wildman–Crippen LogP) is 2.85. The molecule has 0 aliphatic carbocycles. The fourth-order valence-corrected chi connectivity index (χ4v) is 1.34. The van der Waals surface area contributed by atoms with Crippen molar-refractivity contribution in [1.29, 1.82) is 0 Å². The van der Waals surface area contributed by atoms with Gasteiger partial charge in [-0.05, 0) is 13.0 Å². The SMILES string of the molecule is Cc1ccc(S)c(Cl)c1[N+](=O)[O-]. The number of nitro benzene ring substituents is 1. The Hall–Kier alpha value is -0.740. The molecule has 1 aromatic rings. The maximum atomic E-state index is 10.5. The van der Waals surface area contributed by atoms with Gasteiger partial charge in [0, 0.05) is 10.5 Å². The molecule has 0 unspecified atom stereocenters. The molecule has 3 nitrogen and oxygen atoms in total. The number of nitro groups is 1. The van der Waals surface area contributed by atoms with E-state index in [9.17, 15) is 10.1 Å². The van der Waals surface area contributed by atoms with Crippen molar-refractivity contribution in [3.05, 3.63) is 32.8 Å². The maximum absolute atomic E-state index is 10.5. The van der Waals surface area contributed by atoms with Gasteiger partial charge in [-0.1, -0.05) is 17.7 Å². The minimum Gasteiger partial charge on any atom is -0.258 e. The molecule has 0 atom stereocenters. The van der Waals surface area contributed by atoms with E-state index in [1.165, 1.54) is 0 Å². The summed E-state index contributed by atoms with van der Waals surface area (Å²) in [6.07, 6.45) is 0. The molecule has 0 amide bonds. The molecule has 0 fully saturated rings. The highest BCUT2D eigenvalue weighted by Gasteiger charge is 2.17. The average Bonchev–Trinajstić information content (AvgIpc) is 1.97. The molecular weight excluding hydrogens is 198 g/mol. The zero-order chi connectivity index (χ0) is 9.30. The Bertz CT molecular complexity index is 340. The minimum atomic E-state index is -0.503. The summed E-state index contributed by atoms with van der Waals surface area (Å²) >= 11 is 9.65. The summed E-state index contributed by atoms with van der Waals surface area (Å²) in [7, 11) is 0. The summed E-state index contributed by atoms with van der Waals surface area (Å²) < 4.78 is 0. The molecule has 0 radical (unpaired) electrons. The molecule has 1 aromatic carbocycles. The van der Waals surface area contributed by atoms with Crippen LogP contribution in [-0.4, -0.2) is 4.92 Å². The van der Waals surface area contributed by atoms with E-state index in [1.807, 2.05) is 0 Å². The third-order valence-corrected chi connectivity index (χ3v) is 2.37. The monoisotopic (exact) mass is 203 g/mol. The third-order valence-electron chi connectivity index (χ3n) is 1.48. The number of halogens is 1. The maximum Gasteiger partial charge on any atom is 0.291 e. The largest absolute Gasteiger partial charge is 0.291 e. The van der Waals surface area contributed by atoms with Crippen molar-refractivity contribution in [1.82, 2.24) is 0 Å². The first kappa shape index (κ1) is 9.35. The van der Waals surface area contributed by atoms with E-state index in [0.29, 0.717) is 10.5 Å². The molecule has 5 heteroatoms. The number of thiol groups is 1. The Morgan fingerprint density at radius 1 is 1.58 bits per heavy atom. The van der Waals surface area contributed by atoms with E-state index in [4.69, 9.17) is 11.6 Å². The predicted molar refractivity (Wildman–Crippen MR) is 50.1 cm³/mol. The fraction of sp³-hybridized carbons (Fsp3) is 0.143. The summed E-state index contributed by atoms with van der Waals surface area (Å²) in [6.45, 7) is 1.64. The summed E-state index contributed by atoms with van der Waals surface area (Å²) in [4.78, 5) is 10.4. The smallest absolute Gasteiger partial charge is 0.258 e. The lowest BCUT2D eigenvalue weighted by atomic mass is 10.2. The van der Waals surface area contributed by atoms with Gasteiger partial charge in [0.25, 0.3) is 5.69 Å². The highest BCUT2D eigenvalue weighted by atomic mass is 35.5. The second-order valence-corrected chi connectivity index (χ2v) is 3.18. The summed E-state index contributed by atoms with van der Waals surface area (Å²) in [5, 5.41) is 10.6. The molecule has 0 saturated heterocycles. The molecular formula is C7H6ClNO2S. The van der Waals surface area contributed by atoms with Crippen molar-refractivity contribution in [2.45, 2.75) is 11.8 Å². The number of aryl methyl sites for hydroxylation is 1. The molecule has 0 saturated carbocycles. The lowest BCUT2D eigenvalue weighted by Gasteiger charge is -2.00. The zero-order valence-electron chi connectivity index (χ0n) is 6.24. The highest BCUT2D eigenvalue weighted by molar-refractivity contribution is 7.80. The number of hydrogen-bond donors (Lipinski definition) is 1. The molecule has 0 spiro atoms. The quantitative estimate of drug-likeness (QED) is 0.433. The lowest BCUT2D eigenvalue weighted by Crippen LogP contribution is -1.92. The number of benzene rings is 1. The van der Waals surface area contributed by atoms with Crippen LogP contribution in [0.25, 0.3) is 0 Å². The van der Waals surface area contributed by atoms with Crippen molar-refractivity contribution < 1.29 is 4.92 Å². The van der Waals surface area contributed by atoms with Crippen molar-refractivity contribution in [2.75, 3.05) is 0 Å². The standard InChI is InChI=1S/C7H6ClNO2S/c1-4-2-3-5(12)6(8)7(4)9(10)11/h2-3,12H,1H3. The Balaban J connectivity index is 3.43. The van der Waals surface area contributed by atoms with Crippen LogP contribution in [-0.2, 0) is 0 Å². The van der Waals surface area contributed by atoms with Gasteiger partial charge in [-0.3, -0.25) is 10.1 Å². The van der Waals surface area contributed by atoms with Crippen LogP contribution in [0, 0.1) is 17.0 Å². The van der Waals surface area contributed by atoms with E-state index >= 15 is 0 Å². The second kappa shape index (κ2) is 3.33. The van der Waals surface area contributed by atoms with Crippen LogP contribution in [0.2, 0.25) is 5.02 Å². The van der Waals surface area contributed by atoms with Gasteiger partial charge in [0.2, 0.25) is 0 Å². The minimum absolute atomic E-state index is 0.0656. The Morgan fingerprint density at radius 2 is 2.17 bits per heavy atom. The van der Waals surface area contributed by atoms with Crippen molar-refractivity contribution in [3.8, 4) is 0 Å². The summed E-state index contributed by atoms with van der Waals surface area (Å²) in [6, 6.07) is 3.25. The van der Waals surface area contributed by atoms with Gasteiger partial charge < -0.3 is 0 Å². The first-order valence-corrected chi connectivity index (χ1v) is 3.99. The summed E-state index contributed by atoms with van der Waals surface area (Å²) in [5.41, 5.74) is 0.479. The Kier molecular flexibility index (Phi) is 2.59. The van der Waals surface area contributed by atoms with Crippen LogP contribution in [0.1, 0.15) is 5.56 Å². The normalized spacial score (nSPS) is 9.92. The molecule has 0 aromatic heterocycles. The van der Waals surface area contributed by atoms with E-state index < -0.39 is 4.92 Å². The molecule has 1 rings (SSSR count). The Labute approximate surface area is 79.9 Å². The number of rotatable bonds is 1. The second-order valence-electron chi connectivity index (χ2n) is 2.32. The first-order chi connectivity index (χ1) is 5.54. The number of hydrogen-bond acceptors (Lipinski definition) is 3. The van der Waals surface area contributed by atoms with Crippen LogP contribution in [0.15, 0.2) is 17.0 Å². The molecule has 0 N–H and O–H groups in total. The lowest BCUT2D eigenvalue weighted by molar-refractivity contribution is -0.385. The van der Waals surface area contributed by atoms with E-state index in [0.717, 1.165) is 0 Å². The fourth-order valence-electron chi connectivity index (χ4n) is 0.875. The molecule has 12 heavy (non-hydrogen) atoms. The average molecular weight is 204 g/mol. The molecule has 0 aliphatic rings. The van der Waals surface area contributed by atoms with Gasteiger partial charge in [0.05, 0.1) is 4.92 Å². The summed E-state index contributed by atoms with van der Waals surface area (Å²) in [5.74, 6) is 0. The van der Waals surface area contributed by atoms with Crippen LogP contribution in [0.3, 0.4) is 0 Å². The van der Waals surface area contributed by atoms with Crippen molar-refractivity contribution in [2.24, 2.45) is 0 Å². The van der Waals surface area contributed by atoms with Crippen LogP contribution in [0.5, 0.6) is 0 Å². The van der Waals surface area contributed by atoms with Crippen molar-refractivity contribution >= 4 is 29.9 Å². The van der Waals surface area contributed by atoms with Crippen LogP contribution >= 0.6 is 24.2 Å². The van der Waals surface area contributed by atoms with E-state index in [2.05, 4.69) is 12.6 Å². The first-order valence-electron chi connectivity index (χ1n) is 3.16. The molecule has 0 bridgehead atoms. The highest BCUT2D eigenvalue weighted by Crippen LogP contribution is 2.32. The molecule has 0 heterocycles. The molecule has 0 aliphatic heterocycles. The van der Waals surface area contributed by atoms with Crippen LogP contribution < -0.4 is 0 Å². The van der Waals surface area contributed by atoms with E-state index in [-0.39, 0.29) is 10.7 Å². The Morgan fingerprint density at radius 3 is 2.58 bits per heavy atom. The van der Waals surface area contributed by atoms with E-state index in [1.54, 1.807) is 19.1 Å². The van der Waals surface area contributed by atoms with Gasteiger partial charge in [-0.2, -0.15) is 0 Å².